The number of phenolic OH excluding ortho intramolecular Hbond substituents is 2. The van der Waals surface area contributed by atoms with Crippen LogP contribution in [0.1, 0.15) is 36.0 Å². The molecule has 2 N–H and O–H groups in total. The van der Waals surface area contributed by atoms with Crippen molar-refractivity contribution >= 4 is 48.0 Å². The van der Waals surface area contributed by atoms with E-state index < -0.39 is 21.4 Å². The van der Waals surface area contributed by atoms with Gasteiger partial charge in [-0.25, -0.2) is 0 Å². The Balaban J connectivity index is 1.79. The Morgan fingerprint density at radius 3 is 2.63 bits per heavy atom. The average Bonchev–Trinajstić information content (AvgIpc) is 3.39. The van der Waals surface area contributed by atoms with Crippen LogP contribution >= 0.6 is 23.1 Å². The van der Waals surface area contributed by atoms with Gasteiger partial charge in [-0.2, -0.15) is 0 Å². The van der Waals surface area contributed by atoms with Gasteiger partial charge in [0, 0.05) is 0 Å². The predicted molar refractivity (Wildman–Crippen MR) is 124 cm³/mol. The number of hydrogen-bond donors (Lipinski definition) is 2. The quantitative estimate of drug-likeness (QED) is 0.420. The fraction of sp³-hybridized carbons (Fsp3) is 0.286. The molecule has 0 unspecified atom stereocenters. The maximum atomic E-state index is 10.6. The van der Waals surface area contributed by atoms with Crippen molar-refractivity contribution in [3.8, 4) is 22.9 Å². The van der Waals surface area contributed by atoms with Gasteiger partial charge < -0.3 is 0 Å². The molecule has 0 saturated heterocycles. The monoisotopic (exact) mass is 542 g/mol. The molecule has 30 heavy (non-hydrogen) atoms. The van der Waals surface area contributed by atoms with Crippen molar-refractivity contribution in [3.05, 3.63) is 49.8 Å². The molecule has 4 rings (SSSR count). The minimum absolute atomic E-state index is 0.00614. The van der Waals surface area contributed by atoms with Gasteiger partial charge in [0.05, 0.1) is 0 Å². The number of nitrogens with zero attached hydrogens (tertiary/aromatic N) is 4. The van der Waals surface area contributed by atoms with Crippen LogP contribution in [0.4, 0.5) is 0 Å². The number of thiazole rings is 1. The first-order chi connectivity index (χ1) is 14.3. The summed E-state index contributed by atoms with van der Waals surface area (Å²) < 4.78 is 8.01. The zero-order valence-corrected chi connectivity index (χ0v) is 22.3. The molecule has 0 spiro atoms. The van der Waals surface area contributed by atoms with Crippen molar-refractivity contribution in [2.75, 3.05) is 0 Å². The van der Waals surface area contributed by atoms with Crippen molar-refractivity contribution in [2.45, 2.75) is 42.3 Å². The predicted octanol–water partition coefficient (Wildman–Crippen LogP) is 5.15. The summed E-state index contributed by atoms with van der Waals surface area (Å²) in [6, 6.07) is 3.24. The van der Waals surface area contributed by atoms with Crippen molar-refractivity contribution in [3.63, 3.8) is 0 Å². The number of aromatic nitrogens is 4. The van der Waals surface area contributed by atoms with Gasteiger partial charge in [0.2, 0.25) is 0 Å². The van der Waals surface area contributed by atoms with Gasteiger partial charge >= 0.3 is 193 Å². The second-order valence-corrected chi connectivity index (χ2v) is 16.9. The van der Waals surface area contributed by atoms with Gasteiger partial charge in [0.1, 0.15) is 0 Å². The van der Waals surface area contributed by atoms with Crippen molar-refractivity contribution in [1.29, 1.82) is 0 Å². The van der Waals surface area contributed by atoms with E-state index in [0.29, 0.717) is 17.1 Å². The molecule has 2 aromatic heterocycles. The summed E-state index contributed by atoms with van der Waals surface area (Å²) in [6.45, 7) is 6.03. The number of phenols is 2. The van der Waals surface area contributed by atoms with Crippen LogP contribution in [-0.2, 0) is 5.75 Å². The van der Waals surface area contributed by atoms with Crippen LogP contribution < -0.4 is 0 Å². The number of rotatable bonds is 6. The van der Waals surface area contributed by atoms with Gasteiger partial charge in [-0.15, -0.1) is 0 Å². The summed E-state index contributed by atoms with van der Waals surface area (Å²) in [7, 11) is 0. The molecule has 0 bridgehead atoms. The normalized spacial score (nSPS) is 13.5. The van der Waals surface area contributed by atoms with Crippen LogP contribution in [-0.4, -0.2) is 51.4 Å². The summed E-state index contributed by atoms with van der Waals surface area (Å²) in [5.74, 6) is 1.55. The first-order valence-electron chi connectivity index (χ1n) is 9.79. The van der Waals surface area contributed by atoms with Gasteiger partial charge in [0.15, 0.2) is 0 Å². The number of aromatic hydroxyl groups is 2. The molecule has 3 aromatic rings. The Kier molecular flexibility index (Phi) is 6.31. The van der Waals surface area contributed by atoms with E-state index in [-0.39, 0.29) is 17.4 Å². The molecule has 1 aliphatic heterocycles. The summed E-state index contributed by atoms with van der Waals surface area (Å²) >= 11 is 1.21. The summed E-state index contributed by atoms with van der Waals surface area (Å²) in [5, 5.41) is 33.7. The number of aryl methyl sites for hydroxylation is 1. The van der Waals surface area contributed by atoms with E-state index in [4.69, 9.17) is 0 Å². The Morgan fingerprint density at radius 1 is 1.20 bits per heavy atom. The molecular weight excluding hydrogens is 519 g/mol. The van der Waals surface area contributed by atoms with Crippen LogP contribution in [0.3, 0.4) is 0 Å². The van der Waals surface area contributed by atoms with E-state index in [1.165, 1.54) is 9.52 Å². The number of hydrogen-bond acceptors (Lipinski definition) is 7. The second kappa shape index (κ2) is 8.80. The zero-order chi connectivity index (χ0) is 21.4. The van der Waals surface area contributed by atoms with E-state index in [1.807, 2.05) is 26.8 Å². The SMILES string of the molecule is Cc1nc(CSc2nnc(-c3cc(C(C)C)c(O)cc3O)n2[C]2=CC=[CH][In]2[CH3])cs1. The van der Waals surface area contributed by atoms with Gasteiger partial charge in [-0.3, -0.25) is 0 Å². The molecule has 0 saturated carbocycles. The number of allylic oxidation sites excluding steroid dienone is 2. The van der Waals surface area contributed by atoms with Gasteiger partial charge in [-0.1, -0.05) is 0 Å². The molecule has 1 aromatic carbocycles. The van der Waals surface area contributed by atoms with Crippen molar-refractivity contribution in [1.82, 2.24) is 19.7 Å². The first-order valence-corrected chi connectivity index (χ1v) is 18.5. The van der Waals surface area contributed by atoms with Crippen molar-refractivity contribution < 1.29 is 10.2 Å². The molecule has 0 radical (unpaired) electrons. The maximum absolute atomic E-state index is 10.6. The number of thioether (sulfide) groups is 1. The van der Waals surface area contributed by atoms with E-state index in [1.54, 1.807) is 23.1 Å². The average molecular weight is 542 g/mol. The van der Waals surface area contributed by atoms with Crippen LogP contribution in [0.5, 0.6) is 11.5 Å². The topological polar surface area (TPSA) is 84.1 Å². The van der Waals surface area contributed by atoms with E-state index >= 15 is 0 Å². The van der Waals surface area contributed by atoms with E-state index in [2.05, 4.69) is 45.8 Å². The molecular formula is C21H23InN4O2S2. The third kappa shape index (κ3) is 4.20. The molecule has 9 heteroatoms. The fourth-order valence-electron chi connectivity index (χ4n) is 3.47. The minimum atomic E-state index is -2.04. The zero-order valence-electron chi connectivity index (χ0n) is 17.3. The van der Waals surface area contributed by atoms with Crippen LogP contribution in [0.2, 0.25) is 4.68 Å². The standard InChI is InChI=1S/C20H20N4O2S2.CH3.In/c1-5-6-7-24-19(16-8-15(12(2)3)17(25)9-18(16)26)22-23-20(24)28-11-14-10-27-13(4)21-14;;/h1,5-6,8-10,12,25-26H,11H2,2-4H3;1H3;. The van der Waals surface area contributed by atoms with Gasteiger partial charge in [-0.05, 0) is 0 Å². The molecule has 0 amide bonds. The molecule has 154 valence electrons. The second-order valence-electron chi connectivity index (χ2n) is 7.64. The summed E-state index contributed by atoms with van der Waals surface area (Å²) in [6.07, 6.45) is 4.26. The Morgan fingerprint density at radius 2 is 2.00 bits per heavy atom. The molecule has 0 fully saturated rings. The van der Waals surface area contributed by atoms with E-state index in [0.717, 1.165) is 21.4 Å². The molecule has 6 nitrogen and oxygen atoms in total. The Bertz CT molecular complexity index is 1150. The summed E-state index contributed by atoms with van der Waals surface area (Å²) in [5.41, 5.74) is 2.40. The Labute approximate surface area is 191 Å². The third-order valence-corrected chi connectivity index (χ3v) is 13.1. The molecule has 3 heterocycles. The molecule has 1 aliphatic rings. The van der Waals surface area contributed by atoms with Crippen molar-refractivity contribution in [2.24, 2.45) is 0 Å². The fourth-order valence-corrected chi connectivity index (χ4v) is 10.2. The molecule has 0 atom stereocenters. The third-order valence-electron chi connectivity index (χ3n) is 5.05. The van der Waals surface area contributed by atoms with Crippen LogP contribution in [0.25, 0.3) is 14.8 Å². The molecule has 0 aliphatic carbocycles. The number of benzene rings is 1. The van der Waals surface area contributed by atoms with E-state index in [9.17, 15) is 10.2 Å². The van der Waals surface area contributed by atoms with Gasteiger partial charge in [0.25, 0.3) is 0 Å². The van der Waals surface area contributed by atoms with Crippen LogP contribution in [0, 0.1) is 6.92 Å². The first kappa shape index (κ1) is 21.5. The summed E-state index contributed by atoms with van der Waals surface area (Å²) in [4.78, 5) is 4.55. The van der Waals surface area contributed by atoms with Crippen LogP contribution in [0.15, 0.2) is 38.7 Å². The Hall–Kier alpha value is -1.71.